The number of aliphatic imine (C=N–C) groups is 1. The highest BCUT2D eigenvalue weighted by molar-refractivity contribution is 7.80. The molecule has 2 N–H and O–H groups in total. The Hall–Kier alpha value is -5.08. The van der Waals surface area contributed by atoms with Crippen molar-refractivity contribution >= 4 is 40.2 Å². The number of benzene rings is 3. The van der Waals surface area contributed by atoms with Gasteiger partial charge in [0, 0.05) is 17.1 Å². The molecule has 0 atom stereocenters. The average Bonchev–Trinajstić information content (AvgIpc) is 3.11. The number of hydrogen-bond acceptors (Lipinski definition) is 5. The van der Waals surface area contributed by atoms with Gasteiger partial charge >= 0.3 is 12.4 Å². The van der Waals surface area contributed by atoms with Gasteiger partial charge in [-0.15, -0.1) is 0 Å². The third kappa shape index (κ3) is 5.96. The number of nitrogens with zero attached hydrogens (tertiary/aromatic N) is 5. The van der Waals surface area contributed by atoms with Gasteiger partial charge in [-0.05, 0) is 86.7 Å². The topological polar surface area (TPSA) is 98.7 Å². The second-order valence-electron chi connectivity index (χ2n) is 9.74. The fourth-order valence-corrected chi connectivity index (χ4v) is 4.86. The van der Waals surface area contributed by atoms with Crippen LogP contribution in [0.2, 0.25) is 0 Å². The maximum atomic E-state index is 13.9. The highest BCUT2D eigenvalue weighted by Gasteiger charge is 2.48. The van der Waals surface area contributed by atoms with Crippen molar-refractivity contribution in [3.63, 3.8) is 0 Å². The molecule has 1 fully saturated rings. The lowest BCUT2D eigenvalue weighted by Gasteiger charge is -2.31. The zero-order valence-electron chi connectivity index (χ0n) is 22.3. The van der Waals surface area contributed by atoms with E-state index < -0.39 is 40.1 Å². The number of halogens is 6. The molecule has 3 aromatic rings. The molecule has 0 saturated carbocycles. The summed E-state index contributed by atoms with van der Waals surface area (Å²) >= 11 is 5.34. The number of amidine groups is 1. The number of anilines is 3. The van der Waals surface area contributed by atoms with Crippen molar-refractivity contribution in [1.82, 2.24) is 0 Å². The van der Waals surface area contributed by atoms with Crippen LogP contribution in [0.1, 0.15) is 36.1 Å². The Balaban J connectivity index is 1.85. The van der Waals surface area contributed by atoms with Crippen LogP contribution in [0.3, 0.4) is 0 Å². The molecule has 7 nitrogen and oxygen atoms in total. The lowest BCUT2D eigenvalue weighted by molar-refractivity contribution is -0.138. The molecule has 3 aromatic carbocycles. The van der Waals surface area contributed by atoms with Gasteiger partial charge in [0.2, 0.25) is 0 Å². The molecule has 1 saturated heterocycles. The van der Waals surface area contributed by atoms with E-state index in [1.54, 1.807) is 30.9 Å². The number of alkyl halides is 6. The molecule has 1 aliphatic rings. The Labute approximate surface area is 247 Å². The molecule has 1 heterocycles. The SMILES string of the molecule is C=C1N(c2ccc(C#N)c(C(F)(F)F)c2)/C(=N/C(=S)Nc2ccc(C#N)c(C(F)(F)F)c2)C(C)(C)N1c1ccc(O)cc1. The second kappa shape index (κ2) is 11.0. The summed E-state index contributed by atoms with van der Waals surface area (Å²) in [6.07, 6.45) is -9.69. The van der Waals surface area contributed by atoms with E-state index in [0.29, 0.717) is 11.8 Å². The molecule has 1 aliphatic heterocycles. The summed E-state index contributed by atoms with van der Waals surface area (Å²) < 4.78 is 82.1. The summed E-state index contributed by atoms with van der Waals surface area (Å²) in [5.41, 5.74) is -4.48. The first kappa shape index (κ1) is 30.9. The normalized spacial score (nSPS) is 15.8. The quantitative estimate of drug-likeness (QED) is 0.232. The number of phenols is 1. The highest BCUT2D eigenvalue weighted by Crippen LogP contribution is 2.43. The largest absolute Gasteiger partial charge is 0.508 e. The molecule has 14 heteroatoms. The molecule has 220 valence electrons. The Morgan fingerprint density at radius 2 is 1.40 bits per heavy atom. The van der Waals surface area contributed by atoms with Gasteiger partial charge in [0.15, 0.2) is 5.11 Å². The van der Waals surface area contributed by atoms with Crippen LogP contribution < -0.4 is 15.1 Å². The third-order valence-electron chi connectivity index (χ3n) is 6.53. The molecule has 0 unspecified atom stereocenters. The van der Waals surface area contributed by atoms with E-state index in [-0.39, 0.29) is 33.9 Å². The zero-order chi connectivity index (χ0) is 31.9. The minimum Gasteiger partial charge on any atom is -0.508 e. The summed E-state index contributed by atoms with van der Waals surface area (Å²) in [5, 5.41) is 30.3. The Kier molecular flexibility index (Phi) is 7.87. The van der Waals surface area contributed by atoms with E-state index in [0.717, 1.165) is 18.2 Å². The van der Waals surface area contributed by atoms with Crippen LogP contribution in [0.5, 0.6) is 5.75 Å². The molecule has 0 amide bonds. The molecule has 0 radical (unpaired) electrons. The number of hydrogen-bond donors (Lipinski definition) is 2. The smallest absolute Gasteiger partial charge is 0.417 e. The van der Waals surface area contributed by atoms with Crippen LogP contribution in [0, 0.1) is 22.7 Å². The van der Waals surface area contributed by atoms with Gasteiger partial charge in [-0.2, -0.15) is 36.9 Å². The maximum Gasteiger partial charge on any atom is 0.417 e. The summed E-state index contributed by atoms with van der Waals surface area (Å²) in [6, 6.07) is 14.8. The van der Waals surface area contributed by atoms with E-state index in [9.17, 15) is 36.7 Å². The third-order valence-corrected chi connectivity index (χ3v) is 6.73. The van der Waals surface area contributed by atoms with Gasteiger partial charge in [-0.3, -0.25) is 4.90 Å². The number of rotatable bonds is 3. The van der Waals surface area contributed by atoms with E-state index in [1.807, 2.05) is 0 Å². The van der Waals surface area contributed by atoms with Gasteiger partial charge in [-0.1, -0.05) is 6.58 Å². The number of phenolic OH excluding ortho intramolecular Hbond substituents is 1. The van der Waals surface area contributed by atoms with E-state index in [4.69, 9.17) is 17.5 Å². The Morgan fingerprint density at radius 1 is 0.884 bits per heavy atom. The first-order valence-electron chi connectivity index (χ1n) is 12.2. The van der Waals surface area contributed by atoms with Gasteiger partial charge in [0.05, 0.1) is 39.9 Å². The number of nitrogens with one attached hydrogen (secondary N) is 1. The van der Waals surface area contributed by atoms with E-state index in [2.05, 4.69) is 16.9 Å². The predicted molar refractivity (Wildman–Crippen MR) is 152 cm³/mol. The zero-order valence-corrected chi connectivity index (χ0v) is 23.2. The van der Waals surface area contributed by atoms with Crippen molar-refractivity contribution in [3.05, 3.63) is 95.3 Å². The fraction of sp³-hybridized carbons (Fsp3) is 0.172. The van der Waals surface area contributed by atoms with E-state index >= 15 is 0 Å². The molecular weight excluding hydrogens is 594 g/mol. The molecule has 0 spiro atoms. The summed E-state index contributed by atoms with van der Waals surface area (Å²) in [5.74, 6) is 0.142. The number of nitriles is 2. The number of aromatic hydroxyl groups is 1. The van der Waals surface area contributed by atoms with Gasteiger partial charge in [0.25, 0.3) is 0 Å². The van der Waals surface area contributed by atoms with Crippen LogP contribution in [-0.4, -0.2) is 21.6 Å². The molecular formula is C29H20F6N6OS. The van der Waals surface area contributed by atoms with Crippen molar-refractivity contribution in [3.8, 4) is 17.9 Å². The van der Waals surface area contributed by atoms with Crippen molar-refractivity contribution < 1.29 is 31.4 Å². The summed E-state index contributed by atoms with van der Waals surface area (Å²) in [4.78, 5) is 7.33. The van der Waals surface area contributed by atoms with Crippen LogP contribution in [-0.2, 0) is 12.4 Å². The summed E-state index contributed by atoms with van der Waals surface area (Å²) in [6.45, 7) is 7.41. The molecule has 0 bridgehead atoms. The monoisotopic (exact) mass is 614 g/mol. The minimum atomic E-state index is -4.87. The van der Waals surface area contributed by atoms with Crippen molar-refractivity contribution in [2.45, 2.75) is 31.7 Å². The minimum absolute atomic E-state index is 0.0370. The molecule has 0 aliphatic carbocycles. The lowest BCUT2D eigenvalue weighted by atomic mass is 10.0. The van der Waals surface area contributed by atoms with Crippen LogP contribution in [0.4, 0.5) is 43.4 Å². The first-order valence-corrected chi connectivity index (χ1v) is 12.6. The molecule has 43 heavy (non-hydrogen) atoms. The van der Waals surface area contributed by atoms with E-state index in [1.165, 1.54) is 41.3 Å². The van der Waals surface area contributed by atoms with Crippen molar-refractivity contribution in [2.24, 2.45) is 4.99 Å². The van der Waals surface area contributed by atoms with Crippen molar-refractivity contribution in [2.75, 3.05) is 15.1 Å². The second-order valence-corrected chi connectivity index (χ2v) is 10.1. The number of thiocarbonyl (C=S) groups is 1. The fourth-order valence-electron chi connectivity index (χ4n) is 4.66. The molecule has 4 rings (SSSR count). The predicted octanol–water partition coefficient (Wildman–Crippen LogP) is 7.55. The van der Waals surface area contributed by atoms with Crippen LogP contribution in [0.15, 0.2) is 78.1 Å². The Morgan fingerprint density at radius 3 is 1.93 bits per heavy atom. The van der Waals surface area contributed by atoms with Crippen LogP contribution in [0.25, 0.3) is 0 Å². The van der Waals surface area contributed by atoms with Crippen molar-refractivity contribution in [1.29, 1.82) is 10.5 Å². The van der Waals surface area contributed by atoms with Gasteiger partial charge in [0.1, 0.15) is 17.4 Å². The standard InChI is InChI=1S/C29H20F6N6OS/c1-16-40(21-7-5-18(15-37)24(13-21)29(33,34)35)25(27(2,3)41(16)20-8-10-22(42)11-9-20)39-26(43)38-19-6-4-17(14-36)23(12-19)28(30,31)32/h4-13,42H,1H2,2-3H3,(H,38,43)/b39-25+. The van der Waals surface area contributed by atoms with Gasteiger partial charge in [-0.25, -0.2) is 4.99 Å². The molecule has 0 aromatic heterocycles. The average molecular weight is 615 g/mol. The Bertz CT molecular complexity index is 1730. The van der Waals surface area contributed by atoms with Crippen LogP contribution >= 0.6 is 12.2 Å². The van der Waals surface area contributed by atoms with Gasteiger partial charge < -0.3 is 15.3 Å². The summed E-state index contributed by atoms with van der Waals surface area (Å²) in [7, 11) is 0. The highest BCUT2D eigenvalue weighted by atomic mass is 32.1. The first-order chi connectivity index (χ1) is 20.0. The lowest BCUT2D eigenvalue weighted by Crippen LogP contribution is -2.44. The maximum absolute atomic E-state index is 13.9.